The van der Waals surface area contributed by atoms with E-state index in [9.17, 15) is 4.79 Å². The Bertz CT molecular complexity index is 819. The molecule has 0 radical (unpaired) electrons. The van der Waals surface area contributed by atoms with Gasteiger partial charge in [-0.15, -0.1) is 0 Å². The van der Waals surface area contributed by atoms with Gasteiger partial charge < -0.3 is 19.5 Å². The quantitative estimate of drug-likeness (QED) is 0.815. The number of carbonyl (C=O) groups excluding carboxylic acids is 1. The lowest BCUT2D eigenvalue weighted by molar-refractivity contribution is -0.128. The third-order valence-corrected chi connectivity index (χ3v) is 4.74. The Kier molecular flexibility index (Phi) is 5.51. The van der Waals surface area contributed by atoms with Crippen LogP contribution in [0.1, 0.15) is 38.8 Å². The molecule has 144 valence electrons. The number of halogens is 1. The average Bonchev–Trinajstić information content (AvgIpc) is 2.62. The molecule has 27 heavy (non-hydrogen) atoms. The summed E-state index contributed by atoms with van der Waals surface area (Å²) in [5.74, 6) is 1.85. The van der Waals surface area contributed by atoms with Crippen molar-refractivity contribution in [1.29, 1.82) is 0 Å². The van der Waals surface area contributed by atoms with Crippen molar-refractivity contribution in [3.8, 4) is 17.2 Å². The zero-order valence-electron chi connectivity index (χ0n) is 15.9. The second-order valence-corrected chi connectivity index (χ2v) is 7.68. The zero-order valence-corrected chi connectivity index (χ0v) is 16.7. The van der Waals surface area contributed by atoms with Crippen LogP contribution in [0.25, 0.3) is 0 Å². The van der Waals surface area contributed by atoms with Crippen LogP contribution >= 0.6 is 11.6 Å². The summed E-state index contributed by atoms with van der Waals surface area (Å²) in [6.07, 6.45) is 0.0185. The summed E-state index contributed by atoms with van der Waals surface area (Å²) in [6, 6.07) is 12.4. The van der Waals surface area contributed by atoms with Gasteiger partial charge in [0.1, 0.15) is 22.8 Å². The number of methoxy groups -OCH3 is 1. The largest absolute Gasteiger partial charge is 0.497 e. The normalized spacial score (nSPS) is 18.6. The molecule has 1 aliphatic rings. The number of hydrogen-bond acceptors (Lipinski definition) is 4. The van der Waals surface area contributed by atoms with E-state index in [1.54, 1.807) is 38.3 Å². The van der Waals surface area contributed by atoms with Gasteiger partial charge in [0.2, 0.25) is 0 Å². The molecule has 3 rings (SSSR count). The lowest BCUT2D eigenvalue weighted by atomic mass is 9.89. The van der Waals surface area contributed by atoms with Crippen molar-refractivity contribution in [2.75, 3.05) is 7.11 Å². The van der Waals surface area contributed by atoms with Crippen LogP contribution in [0.5, 0.6) is 17.2 Å². The maximum absolute atomic E-state index is 12.7. The number of amides is 1. The molecule has 2 aromatic carbocycles. The molecule has 0 saturated carbocycles. The van der Waals surface area contributed by atoms with E-state index in [2.05, 4.69) is 5.32 Å². The molecule has 0 aromatic heterocycles. The Balaban J connectivity index is 1.74. The van der Waals surface area contributed by atoms with Crippen molar-refractivity contribution >= 4 is 17.5 Å². The first-order chi connectivity index (χ1) is 12.8. The van der Waals surface area contributed by atoms with Gasteiger partial charge >= 0.3 is 0 Å². The molecule has 0 bridgehead atoms. The van der Waals surface area contributed by atoms with E-state index < -0.39 is 11.7 Å². The van der Waals surface area contributed by atoms with Crippen LogP contribution in [-0.2, 0) is 4.79 Å². The Morgan fingerprint density at radius 2 is 1.89 bits per heavy atom. The van der Waals surface area contributed by atoms with Gasteiger partial charge in [-0.05, 0) is 57.2 Å². The highest BCUT2D eigenvalue weighted by Crippen LogP contribution is 2.41. The number of rotatable bonds is 5. The van der Waals surface area contributed by atoms with Crippen LogP contribution in [0.2, 0.25) is 5.02 Å². The molecule has 0 saturated heterocycles. The minimum absolute atomic E-state index is 0.168. The number of nitrogens with one attached hydrogen (secondary N) is 1. The fraction of sp³-hybridized carbons (Fsp3) is 0.381. The predicted molar refractivity (Wildman–Crippen MR) is 105 cm³/mol. The van der Waals surface area contributed by atoms with E-state index in [1.165, 1.54) is 0 Å². The molecular formula is C21H24ClNO4. The summed E-state index contributed by atoms with van der Waals surface area (Å²) in [7, 11) is 1.62. The maximum atomic E-state index is 12.7. The van der Waals surface area contributed by atoms with Crippen LogP contribution in [0.4, 0.5) is 0 Å². The van der Waals surface area contributed by atoms with Gasteiger partial charge in [0.05, 0.1) is 13.2 Å². The lowest BCUT2D eigenvalue weighted by Gasteiger charge is -2.38. The first-order valence-corrected chi connectivity index (χ1v) is 9.25. The fourth-order valence-corrected chi connectivity index (χ4v) is 3.27. The number of ether oxygens (including phenoxy) is 3. The van der Waals surface area contributed by atoms with E-state index in [4.69, 9.17) is 25.8 Å². The smallest absolute Gasteiger partial charge is 0.261 e. The minimum atomic E-state index is -0.640. The molecule has 5 nitrogen and oxygen atoms in total. The first-order valence-electron chi connectivity index (χ1n) is 8.87. The van der Waals surface area contributed by atoms with Crippen LogP contribution in [0, 0.1) is 0 Å². The molecule has 0 spiro atoms. The summed E-state index contributed by atoms with van der Waals surface area (Å²) in [6.45, 7) is 5.73. The Morgan fingerprint density at radius 3 is 2.56 bits per heavy atom. The third-order valence-electron chi connectivity index (χ3n) is 4.49. The molecule has 1 N–H and O–H groups in total. The van der Waals surface area contributed by atoms with Crippen molar-refractivity contribution < 1.29 is 19.0 Å². The second kappa shape index (κ2) is 7.69. The summed E-state index contributed by atoms with van der Waals surface area (Å²) in [5.41, 5.74) is 0.527. The highest BCUT2D eigenvalue weighted by molar-refractivity contribution is 6.30. The SMILES string of the molecule is COc1ccc2c(c1)OC(C)(C)C[C@@H]2NC(=O)[C@@H](C)Oc1ccc(Cl)cc1. The Morgan fingerprint density at radius 1 is 1.22 bits per heavy atom. The molecule has 2 aromatic rings. The monoisotopic (exact) mass is 389 g/mol. The maximum Gasteiger partial charge on any atom is 0.261 e. The molecule has 0 fully saturated rings. The van der Waals surface area contributed by atoms with Gasteiger partial charge in [0.25, 0.3) is 5.91 Å². The standard InChI is InChI=1S/C21H24ClNO4/c1-13(26-15-7-5-14(22)6-8-15)20(24)23-18-12-21(2,3)27-19-11-16(25-4)9-10-17(18)19/h5-11,13,18H,12H2,1-4H3,(H,23,24)/t13-,18+/m1/s1. The zero-order chi connectivity index (χ0) is 19.6. The lowest BCUT2D eigenvalue weighted by Crippen LogP contribution is -2.44. The van der Waals surface area contributed by atoms with Crippen LogP contribution in [-0.4, -0.2) is 24.7 Å². The summed E-state index contributed by atoms with van der Waals surface area (Å²) in [4.78, 5) is 12.7. The van der Waals surface area contributed by atoms with Crippen molar-refractivity contribution in [3.63, 3.8) is 0 Å². The van der Waals surface area contributed by atoms with Gasteiger partial charge in [0, 0.05) is 23.1 Å². The molecular weight excluding hydrogens is 366 g/mol. The molecule has 6 heteroatoms. The summed E-state index contributed by atoms with van der Waals surface area (Å²) in [5, 5.41) is 3.71. The van der Waals surface area contributed by atoms with Crippen LogP contribution < -0.4 is 19.5 Å². The second-order valence-electron chi connectivity index (χ2n) is 7.24. The van der Waals surface area contributed by atoms with Crippen LogP contribution in [0.3, 0.4) is 0 Å². The van der Waals surface area contributed by atoms with Gasteiger partial charge in [0.15, 0.2) is 6.10 Å². The Hall–Kier alpha value is -2.40. The van der Waals surface area contributed by atoms with E-state index in [0.717, 1.165) is 17.1 Å². The fourth-order valence-electron chi connectivity index (χ4n) is 3.15. The molecule has 2 atom stereocenters. The van der Waals surface area contributed by atoms with Gasteiger partial charge in [-0.3, -0.25) is 4.79 Å². The molecule has 1 heterocycles. The van der Waals surface area contributed by atoms with Crippen molar-refractivity contribution in [2.45, 2.75) is 44.9 Å². The van der Waals surface area contributed by atoms with Crippen LogP contribution in [0.15, 0.2) is 42.5 Å². The van der Waals surface area contributed by atoms with E-state index in [1.807, 2.05) is 32.0 Å². The number of fused-ring (bicyclic) bond motifs is 1. The van der Waals surface area contributed by atoms with E-state index in [0.29, 0.717) is 17.2 Å². The number of carbonyl (C=O) groups is 1. The van der Waals surface area contributed by atoms with Gasteiger partial charge in [-0.1, -0.05) is 11.6 Å². The van der Waals surface area contributed by atoms with Gasteiger partial charge in [-0.25, -0.2) is 0 Å². The highest BCUT2D eigenvalue weighted by atomic mass is 35.5. The molecule has 1 amide bonds. The number of hydrogen-bond donors (Lipinski definition) is 1. The molecule has 0 unspecified atom stereocenters. The van der Waals surface area contributed by atoms with Crippen molar-refractivity contribution in [3.05, 3.63) is 53.1 Å². The van der Waals surface area contributed by atoms with E-state index in [-0.39, 0.29) is 11.9 Å². The number of benzene rings is 2. The third kappa shape index (κ3) is 4.66. The van der Waals surface area contributed by atoms with Crippen molar-refractivity contribution in [2.24, 2.45) is 0 Å². The highest BCUT2D eigenvalue weighted by Gasteiger charge is 2.35. The van der Waals surface area contributed by atoms with Crippen molar-refractivity contribution in [1.82, 2.24) is 5.32 Å². The molecule has 1 aliphatic heterocycles. The first kappa shape index (κ1) is 19.4. The van der Waals surface area contributed by atoms with Gasteiger partial charge in [-0.2, -0.15) is 0 Å². The Labute approximate surface area is 164 Å². The summed E-state index contributed by atoms with van der Waals surface area (Å²) >= 11 is 5.88. The minimum Gasteiger partial charge on any atom is -0.497 e. The predicted octanol–water partition coefficient (Wildman–Crippen LogP) is 4.53. The topological polar surface area (TPSA) is 56.8 Å². The average molecular weight is 390 g/mol. The summed E-state index contributed by atoms with van der Waals surface area (Å²) < 4.78 is 17.1. The van der Waals surface area contributed by atoms with E-state index >= 15 is 0 Å². The molecule has 0 aliphatic carbocycles.